The minimum atomic E-state index is 0.253. The first-order chi connectivity index (χ1) is 7.70. The van der Waals surface area contributed by atoms with Gasteiger partial charge in [-0.05, 0) is 12.1 Å². The highest BCUT2D eigenvalue weighted by Gasteiger charge is 2.10. The fourth-order valence-corrected chi connectivity index (χ4v) is 2.80. The summed E-state index contributed by atoms with van der Waals surface area (Å²) in [4.78, 5) is 4.35. The molecule has 1 heterocycles. The second-order valence-electron chi connectivity index (χ2n) is 3.08. The van der Waals surface area contributed by atoms with E-state index in [2.05, 4.69) is 27.0 Å². The number of nitriles is 1. The topological polar surface area (TPSA) is 36.7 Å². The SMILES string of the molecule is N#CCc1nc(-c2cccc(Br)c2)sc1Cl. The minimum absolute atomic E-state index is 0.253. The summed E-state index contributed by atoms with van der Waals surface area (Å²) in [7, 11) is 0. The first-order valence-electron chi connectivity index (χ1n) is 4.49. The van der Waals surface area contributed by atoms with Crippen molar-refractivity contribution in [2.24, 2.45) is 0 Å². The maximum Gasteiger partial charge on any atom is 0.125 e. The largest absolute Gasteiger partial charge is 0.238 e. The van der Waals surface area contributed by atoms with Crippen LogP contribution in [0.4, 0.5) is 0 Å². The maximum absolute atomic E-state index is 8.62. The van der Waals surface area contributed by atoms with E-state index in [0.717, 1.165) is 15.0 Å². The third kappa shape index (κ3) is 2.43. The van der Waals surface area contributed by atoms with Gasteiger partial charge in [0.1, 0.15) is 9.34 Å². The van der Waals surface area contributed by atoms with Crippen molar-refractivity contribution in [2.75, 3.05) is 0 Å². The molecule has 80 valence electrons. The molecule has 2 nitrogen and oxygen atoms in total. The second kappa shape index (κ2) is 4.96. The molecule has 5 heteroatoms. The highest BCUT2D eigenvalue weighted by molar-refractivity contribution is 9.10. The van der Waals surface area contributed by atoms with E-state index in [4.69, 9.17) is 16.9 Å². The number of hydrogen-bond donors (Lipinski definition) is 0. The average molecular weight is 314 g/mol. The van der Waals surface area contributed by atoms with E-state index >= 15 is 0 Å². The van der Waals surface area contributed by atoms with Gasteiger partial charge in [-0.3, -0.25) is 0 Å². The van der Waals surface area contributed by atoms with Gasteiger partial charge in [-0.1, -0.05) is 39.7 Å². The molecular formula is C11H6BrClN2S. The molecule has 1 aromatic heterocycles. The standard InChI is InChI=1S/C11H6BrClN2S/c12-8-3-1-2-7(6-8)11-15-9(4-5-14)10(13)16-11/h1-3,6H,4H2. The molecule has 0 aliphatic heterocycles. The Labute approximate surface area is 111 Å². The van der Waals surface area contributed by atoms with Gasteiger partial charge in [0, 0.05) is 10.0 Å². The molecule has 0 N–H and O–H groups in total. The minimum Gasteiger partial charge on any atom is -0.238 e. The van der Waals surface area contributed by atoms with Gasteiger partial charge in [0.05, 0.1) is 18.2 Å². The van der Waals surface area contributed by atoms with Gasteiger partial charge in [-0.2, -0.15) is 5.26 Å². The highest BCUT2D eigenvalue weighted by Crippen LogP contribution is 2.32. The summed E-state index contributed by atoms with van der Waals surface area (Å²) in [6.07, 6.45) is 0.253. The molecule has 0 bridgehead atoms. The Bertz CT molecular complexity index is 559. The van der Waals surface area contributed by atoms with Crippen molar-refractivity contribution in [1.82, 2.24) is 4.98 Å². The van der Waals surface area contributed by atoms with Crippen molar-refractivity contribution in [1.29, 1.82) is 5.26 Å². The van der Waals surface area contributed by atoms with Crippen molar-refractivity contribution in [3.63, 3.8) is 0 Å². The smallest absolute Gasteiger partial charge is 0.125 e. The van der Waals surface area contributed by atoms with Crippen molar-refractivity contribution >= 4 is 38.9 Å². The Morgan fingerprint density at radius 2 is 2.31 bits per heavy atom. The van der Waals surface area contributed by atoms with E-state index in [9.17, 15) is 0 Å². The molecule has 0 spiro atoms. The van der Waals surface area contributed by atoms with Gasteiger partial charge < -0.3 is 0 Å². The van der Waals surface area contributed by atoms with Crippen LogP contribution < -0.4 is 0 Å². The number of hydrogen-bond acceptors (Lipinski definition) is 3. The first kappa shape index (κ1) is 11.6. The molecule has 0 saturated carbocycles. The van der Waals surface area contributed by atoms with Gasteiger partial charge in [0.15, 0.2) is 0 Å². The normalized spacial score (nSPS) is 10.1. The Hall–Kier alpha value is -0.890. The predicted octanol–water partition coefficient (Wildman–Crippen LogP) is 4.29. The van der Waals surface area contributed by atoms with E-state index in [0.29, 0.717) is 10.0 Å². The molecule has 0 amide bonds. The molecule has 0 saturated heterocycles. The van der Waals surface area contributed by atoms with Crippen LogP contribution in [0.5, 0.6) is 0 Å². The lowest BCUT2D eigenvalue weighted by Gasteiger charge is -1.95. The molecule has 0 unspecified atom stereocenters. The Morgan fingerprint density at radius 3 is 3.00 bits per heavy atom. The zero-order valence-electron chi connectivity index (χ0n) is 8.08. The van der Waals surface area contributed by atoms with Crippen LogP contribution in [-0.4, -0.2) is 4.98 Å². The summed E-state index contributed by atoms with van der Waals surface area (Å²) in [5.74, 6) is 0. The molecule has 0 fully saturated rings. The van der Waals surface area contributed by atoms with E-state index in [-0.39, 0.29) is 6.42 Å². The van der Waals surface area contributed by atoms with Gasteiger partial charge in [0.25, 0.3) is 0 Å². The van der Waals surface area contributed by atoms with E-state index in [1.165, 1.54) is 11.3 Å². The van der Waals surface area contributed by atoms with Crippen LogP contribution in [-0.2, 0) is 6.42 Å². The quantitative estimate of drug-likeness (QED) is 0.829. The Balaban J connectivity index is 2.42. The van der Waals surface area contributed by atoms with Gasteiger partial charge in [-0.25, -0.2) is 4.98 Å². The lowest BCUT2D eigenvalue weighted by atomic mass is 10.2. The lowest BCUT2D eigenvalue weighted by molar-refractivity contribution is 1.16. The molecule has 0 aliphatic rings. The van der Waals surface area contributed by atoms with Crippen LogP contribution in [0.1, 0.15) is 5.69 Å². The van der Waals surface area contributed by atoms with Crippen LogP contribution in [0.2, 0.25) is 4.34 Å². The summed E-state index contributed by atoms with van der Waals surface area (Å²) in [6.45, 7) is 0. The van der Waals surface area contributed by atoms with Crippen LogP contribution in [0.25, 0.3) is 10.6 Å². The van der Waals surface area contributed by atoms with Crippen LogP contribution in [0, 0.1) is 11.3 Å². The summed E-state index contributed by atoms with van der Waals surface area (Å²) in [5, 5.41) is 9.46. The Kier molecular flexibility index (Phi) is 3.59. The number of benzene rings is 1. The molecule has 1 aromatic carbocycles. The monoisotopic (exact) mass is 312 g/mol. The van der Waals surface area contributed by atoms with Crippen LogP contribution in [0.3, 0.4) is 0 Å². The van der Waals surface area contributed by atoms with Crippen LogP contribution in [0.15, 0.2) is 28.7 Å². The third-order valence-electron chi connectivity index (χ3n) is 1.97. The molecule has 0 radical (unpaired) electrons. The van der Waals surface area contributed by atoms with Crippen molar-refractivity contribution < 1.29 is 0 Å². The van der Waals surface area contributed by atoms with Crippen molar-refractivity contribution in [3.8, 4) is 16.6 Å². The number of aromatic nitrogens is 1. The molecule has 16 heavy (non-hydrogen) atoms. The zero-order chi connectivity index (χ0) is 11.5. The van der Waals surface area contributed by atoms with E-state index < -0.39 is 0 Å². The van der Waals surface area contributed by atoms with Crippen molar-refractivity contribution in [2.45, 2.75) is 6.42 Å². The molecular weight excluding hydrogens is 308 g/mol. The predicted molar refractivity (Wildman–Crippen MR) is 69.6 cm³/mol. The average Bonchev–Trinajstić information content (AvgIpc) is 2.61. The lowest BCUT2D eigenvalue weighted by Crippen LogP contribution is -1.82. The Morgan fingerprint density at radius 1 is 1.50 bits per heavy atom. The van der Waals surface area contributed by atoms with E-state index in [1.54, 1.807) is 0 Å². The number of thiazole rings is 1. The van der Waals surface area contributed by atoms with Gasteiger partial charge in [0.2, 0.25) is 0 Å². The van der Waals surface area contributed by atoms with Crippen molar-refractivity contribution in [3.05, 3.63) is 38.8 Å². The van der Waals surface area contributed by atoms with Crippen LogP contribution >= 0.6 is 38.9 Å². The third-order valence-corrected chi connectivity index (χ3v) is 3.85. The zero-order valence-corrected chi connectivity index (χ0v) is 11.2. The first-order valence-corrected chi connectivity index (χ1v) is 6.47. The summed E-state index contributed by atoms with van der Waals surface area (Å²) >= 11 is 10.8. The highest BCUT2D eigenvalue weighted by atomic mass is 79.9. The molecule has 0 aliphatic carbocycles. The van der Waals surface area contributed by atoms with Gasteiger partial charge >= 0.3 is 0 Å². The summed E-state index contributed by atoms with van der Waals surface area (Å²) in [5.41, 5.74) is 1.66. The number of nitrogens with zero attached hydrogens (tertiary/aromatic N) is 2. The number of rotatable bonds is 2. The molecule has 2 rings (SSSR count). The fraction of sp³-hybridized carbons (Fsp3) is 0.0909. The number of halogens is 2. The fourth-order valence-electron chi connectivity index (χ4n) is 1.26. The summed E-state index contributed by atoms with van der Waals surface area (Å²) in [6, 6.07) is 9.89. The molecule has 2 aromatic rings. The second-order valence-corrected chi connectivity index (χ2v) is 5.60. The maximum atomic E-state index is 8.62. The summed E-state index contributed by atoms with van der Waals surface area (Å²) < 4.78 is 1.59. The van der Waals surface area contributed by atoms with Gasteiger partial charge in [-0.15, -0.1) is 11.3 Å². The molecule has 0 atom stereocenters. The van der Waals surface area contributed by atoms with E-state index in [1.807, 2.05) is 24.3 Å².